The van der Waals surface area contributed by atoms with Crippen molar-refractivity contribution in [3.05, 3.63) is 41.5 Å². The molecule has 0 radical (unpaired) electrons. The highest BCUT2D eigenvalue weighted by atomic mass is 16.5. The summed E-state index contributed by atoms with van der Waals surface area (Å²) in [6, 6.07) is 6.95. The molecule has 0 saturated carbocycles. The highest BCUT2D eigenvalue weighted by Gasteiger charge is 2.09. The second-order valence-corrected chi connectivity index (χ2v) is 5.21. The third-order valence-electron chi connectivity index (χ3n) is 2.72. The van der Waals surface area contributed by atoms with E-state index in [0.717, 1.165) is 6.42 Å². The van der Waals surface area contributed by atoms with Crippen LogP contribution in [0.25, 0.3) is 0 Å². The number of carbonyl (C=O) groups is 1. The van der Waals surface area contributed by atoms with E-state index < -0.39 is 5.97 Å². The second-order valence-electron chi connectivity index (χ2n) is 5.21. The SMILES string of the molecule is CC(C)Cc1noc(COc2cccc(CC(=O)O)c2)n1. The Kier molecular flexibility index (Phi) is 4.92. The van der Waals surface area contributed by atoms with E-state index in [1.54, 1.807) is 24.3 Å². The number of benzene rings is 1. The monoisotopic (exact) mass is 290 g/mol. The molecule has 21 heavy (non-hydrogen) atoms. The van der Waals surface area contributed by atoms with Gasteiger partial charge in [0.05, 0.1) is 6.42 Å². The summed E-state index contributed by atoms with van der Waals surface area (Å²) < 4.78 is 10.6. The zero-order chi connectivity index (χ0) is 15.2. The van der Waals surface area contributed by atoms with Crippen molar-refractivity contribution in [3.63, 3.8) is 0 Å². The van der Waals surface area contributed by atoms with Gasteiger partial charge >= 0.3 is 5.97 Å². The van der Waals surface area contributed by atoms with Gasteiger partial charge in [-0.15, -0.1) is 0 Å². The van der Waals surface area contributed by atoms with Gasteiger partial charge in [0.15, 0.2) is 12.4 Å². The van der Waals surface area contributed by atoms with Crippen molar-refractivity contribution >= 4 is 5.97 Å². The first-order valence-electron chi connectivity index (χ1n) is 6.78. The summed E-state index contributed by atoms with van der Waals surface area (Å²) >= 11 is 0. The number of ether oxygens (including phenoxy) is 1. The molecule has 6 heteroatoms. The lowest BCUT2D eigenvalue weighted by molar-refractivity contribution is -0.136. The van der Waals surface area contributed by atoms with E-state index in [1.165, 1.54) is 0 Å². The van der Waals surface area contributed by atoms with E-state index in [4.69, 9.17) is 14.4 Å². The molecule has 1 N–H and O–H groups in total. The maximum atomic E-state index is 10.7. The molecule has 0 aliphatic heterocycles. The summed E-state index contributed by atoms with van der Waals surface area (Å²) in [6.45, 7) is 4.34. The summed E-state index contributed by atoms with van der Waals surface area (Å²) in [7, 11) is 0. The second kappa shape index (κ2) is 6.88. The van der Waals surface area contributed by atoms with Crippen molar-refractivity contribution in [1.29, 1.82) is 0 Å². The van der Waals surface area contributed by atoms with Gasteiger partial charge in [0, 0.05) is 6.42 Å². The molecular weight excluding hydrogens is 272 g/mol. The van der Waals surface area contributed by atoms with Crippen molar-refractivity contribution in [2.45, 2.75) is 33.3 Å². The van der Waals surface area contributed by atoms with E-state index in [0.29, 0.717) is 28.9 Å². The Morgan fingerprint density at radius 3 is 2.95 bits per heavy atom. The Morgan fingerprint density at radius 1 is 1.43 bits per heavy atom. The standard InChI is InChI=1S/C15H18N2O4/c1-10(2)6-13-16-14(21-17-13)9-20-12-5-3-4-11(7-12)8-15(18)19/h3-5,7,10H,6,8-9H2,1-2H3,(H,18,19). The van der Waals surface area contributed by atoms with Gasteiger partial charge in [-0.25, -0.2) is 0 Å². The average Bonchev–Trinajstić information content (AvgIpc) is 2.83. The van der Waals surface area contributed by atoms with Gasteiger partial charge in [-0.05, 0) is 23.6 Å². The van der Waals surface area contributed by atoms with Gasteiger partial charge in [0.1, 0.15) is 5.75 Å². The van der Waals surface area contributed by atoms with Gasteiger partial charge in [-0.1, -0.05) is 31.1 Å². The minimum atomic E-state index is -0.873. The molecule has 112 valence electrons. The number of hydrogen-bond donors (Lipinski definition) is 1. The van der Waals surface area contributed by atoms with Gasteiger partial charge < -0.3 is 14.4 Å². The van der Waals surface area contributed by atoms with Crippen LogP contribution >= 0.6 is 0 Å². The van der Waals surface area contributed by atoms with Crippen molar-refractivity contribution in [3.8, 4) is 5.75 Å². The van der Waals surface area contributed by atoms with E-state index in [-0.39, 0.29) is 13.0 Å². The molecule has 0 fully saturated rings. The van der Waals surface area contributed by atoms with Crippen molar-refractivity contribution in [2.75, 3.05) is 0 Å². The predicted octanol–water partition coefficient (Wildman–Crippen LogP) is 2.47. The Labute approximate surface area is 122 Å². The highest BCUT2D eigenvalue weighted by Crippen LogP contribution is 2.15. The first-order valence-corrected chi connectivity index (χ1v) is 6.78. The molecule has 0 amide bonds. The van der Waals surface area contributed by atoms with Crippen LogP contribution in [-0.4, -0.2) is 21.2 Å². The largest absolute Gasteiger partial charge is 0.484 e. The van der Waals surface area contributed by atoms with Crippen LogP contribution in [0.3, 0.4) is 0 Å². The Morgan fingerprint density at radius 2 is 2.24 bits per heavy atom. The van der Waals surface area contributed by atoms with Gasteiger partial charge in [0.25, 0.3) is 5.89 Å². The van der Waals surface area contributed by atoms with Crippen molar-refractivity contribution in [1.82, 2.24) is 10.1 Å². The smallest absolute Gasteiger partial charge is 0.307 e. The van der Waals surface area contributed by atoms with Gasteiger partial charge in [0.2, 0.25) is 0 Å². The summed E-state index contributed by atoms with van der Waals surface area (Å²) in [5.41, 5.74) is 0.686. The third-order valence-corrected chi connectivity index (χ3v) is 2.72. The fraction of sp³-hybridized carbons (Fsp3) is 0.400. The van der Waals surface area contributed by atoms with Crippen LogP contribution in [0.1, 0.15) is 31.1 Å². The molecule has 1 aromatic carbocycles. The number of nitrogens with zero attached hydrogens (tertiary/aromatic N) is 2. The maximum Gasteiger partial charge on any atom is 0.307 e. The first kappa shape index (κ1) is 15.0. The molecular formula is C15H18N2O4. The number of carboxylic acids is 1. The maximum absolute atomic E-state index is 10.7. The summed E-state index contributed by atoms with van der Waals surface area (Å²) in [5.74, 6) is 1.25. The number of rotatable bonds is 7. The summed E-state index contributed by atoms with van der Waals surface area (Å²) in [4.78, 5) is 14.9. The minimum absolute atomic E-state index is 0.0315. The number of hydrogen-bond acceptors (Lipinski definition) is 5. The predicted molar refractivity (Wildman–Crippen MR) is 75.0 cm³/mol. The zero-order valence-electron chi connectivity index (χ0n) is 12.1. The third kappa shape index (κ3) is 4.91. The van der Waals surface area contributed by atoms with Crippen molar-refractivity contribution in [2.24, 2.45) is 5.92 Å². The van der Waals surface area contributed by atoms with Crippen LogP contribution in [0, 0.1) is 5.92 Å². The zero-order valence-corrected chi connectivity index (χ0v) is 12.1. The van der Waals surface area contributed by atoms with E-state index >= 15 is 0 Å². The van der Waals surface area contributed by atoms with Gasteiger partial charge in [-0.2, -0.15) is 4.98 Å². The van der Waals surface area contributed by atoms with E-state index in [9.17, 15) is 4.79 Å². The normalized spacial score (nSPS) is 10.8. The molecule has 0 unspecified atom stereocenters. The molecule has 2 aromatic rings. The highest BCUT2D eigenvalue weighted by molar-refractivity contribution is 5.70. The van der Waals surface area contributed by atoms with E-state index in [1.807, 2.05) is 0 Å². The number of aromatic nitrogens is 2. The molecule has 1 aromatic heterocycles. The summed E-state index contributed by atoms with van der Waals surface area (Å²) in [5, 5.41) is 12.6. The van der Waals surface area contributed by atoms with Crippen LogP contribution < -0.4 is 4.74 Å². The quantitative estimate of drug-likeness (QED) is 0.843. The molecule has 0 atom stereocenters. The van der Waals surface area contributed by atoms with Crippen LogP contribution in [0.4, 0.5) is 0 Å². The fourth-order valence-corrected chi connectivity index (χ4v) is 1.86. The molecule has 0 aliphatic carbocycles. The molecule has 0 bridgehead atoms. The Balaban J connectivity index is 1.93. The van der Waals surface area contributed by atoms with Crippen LogP contribution in [0.5, 0.6) is 5.75 Å². The number of carboxylic acid groups (broad SMARTS) is 1. The van der Waals surface area contributed by atoms with E-state index in [2.05, 4.69) is 24.0 Å². The average molecular weight is 290 g/mol. The Bertz CT molecular complexity index is 607. The molecule has 0 spiro atoms. The first-order chi connectivity index (χ1) is 10.0. The lowest BCUT2D eigenvalue weighted by atomic mass is 10.1. The topological polar surface area (TPSA) is 85.5 Å². The van der Waals surface area contributed by atoms with Crippen molar-refractivity contribution < 1.29 is 19.2 Å². The Hall–Kier alpha value is -2.37. The minimum Gasteiger partial charge on any atom is -0.484 e. The van der Waals surface area contributed by atoms with Gasteiger partial charge in [-0.3, -0.25) is 4.79 Å². The van der Waals surface area contributed by atoms with Crippen LogP contribution in [0.2, 0.25) is 0 Å². The molecule has 2 rings (SSSR count). The fourth-order valence-electron chi connectivity index (χ4n) is 1.86. The lowest BCUT2D eigenvalue weighted by Gasteiger charge is -2.04. The van der Waals surface area contributed by atoms with Crippen LogP contribution in [-0.2, 0) is 24.2 Å². The summed E-state index contributed by atoms with van der Waals surface area (Å²) in [6.07, 6.45) is 0.730. The molecule has 1 heterocycles. The van der Waals surface area contributed by atoms with Crippen LogP contribution in [0.15, 0.2) is 28.8 Å². The molecule has 0 saturated heterocycles. The lowest BCUT2D eigenvalue weighted by Crippen LogP contribution is -2.01. The molecule has 6 nitrogen and oxygen atoms in total. The number of aliphatic carboxylic acids is 1. The molecule has 0 aliphatic rings.